The molecule has 2 aromatic carbocycles. The number of amides is 2. The van der Waals surface area contributed by atoms with Crippen LogP contribution >= 0.6 is 11.6 Å². The Morgan fingerprint density at radius 2 is 1.74 bits per heavy atom. The summed E-state index contributed by atoms with van der Waals surface area (Å²) < 4.78 is 5.08. The maximum absolute atomic E-state index is 12.9. The highest BCUT2D eigenvalue weighted by atomic mass is 35.5. The molecule has 1 saturated heterocycles. The van der Waals surface area contributed by atoms with Crippen molar-refractivity contribution in [1.82, 2.24) is 0 Å². The van der Waals surface area contributed by atoms with Crippen LogP contribution in [0.4, 0.5) is 5.69 Å². The van der Waals surface area contributed by atoms with E-state index in [0.29, 0.717) is 22.0 Å². The fourth-order valence-corrected chi connectivity index (χ4v) is 3.23. The standard InChI is InChI=1S/C19H13ClN2O5/c1-26-13-8-6-12(7-9-13)22-18(24)14-15(21-27-17(14)19(22)25)16(23)10-2-4-11(20)5-3-10/h2-9,14,17H,1H3/t14-,17+/m0/s1. The Morgan fingerprint density at radius 3 is 2.37 bits per heavy atom. The van der Waals surface area contributed by atoms with Crippen molar-refractivity contribution in [3.05, 3.63) is 59.1 Å². The van der Waals surface area contributed by atoms with Gasteiger partial charge in [0, 0.05) is 10.6 Å². The van der Waals surface area contributed by atoms with Crippen molar-refractivity contribution in [2.45, 2.75) is 6.10 Å². The molecule has 7 nitrogen and oxygen atoms in total. The van der Waals surface area contributed by atoms with E-state index in [1.807, 2.05) is 0 Å². The van der Waals surface area contributed by atoms with Crippen molar-refractivity contribution < 1.29 is 24.0 Å². The third-order valence-electron chi connectivity index (χ3n) is 4.48. The van der Waals surface area contributed by atoms with Gasteiger partial charge in [0.2, 0.25) is 17.8 Å². The summed E-state index contributed by atoms with van der Waals surface area (Å²) in [7, 11) is 1.52. The van der Waals surface area contributed by atoms with Gasteiger partial charge >= 0.3 is 0 Å². The number of methoxy groups -OCH3 is 1. The largest absolute Gasteiger partial charge is 0.497 e. The first-order valence-corrected chi connectivity index (χ1v) is 8.45. The number of oxime groups is 1. The number of nitrogens with zero attached hydrogens (tertiary/aromatic N) is 2. The molecule has 0 saturated carbocycles. The molecule has 0 spiro atoms. The third kappa shape index (κ3) is 2.76. The highest BCUT2D eigenvalue weighted by Crippen LogP contribution is 2.34. The van der Waals surface area contributed by atoms with Crippen LogP contribution < -0.4 is 9.64 Å². The molecule has 0 radical (unpaired) electrons. The number of carbonyl (C=O) groups excluding carboxylic acids is 3. The Morgan fingerprint density at radius 1 is 1.07 bits per heavy atom. The highest BCUT2D eigenvalue weighted by Gasteiger charge is 2.57. The zero-order valence-electron chi connectivity index (χ0n) is 14.1. The Bertz CT molecular complexity index is 969. The molecule has 8 heteroatoms. The second-order valence-corrected chi connectivity index (χ2v) is 6.46. The summed E-state index contributed by atoms with van der Waals surface area (Å²) in [5.41, 5.74) is 0.601. The lowest BCUT2D eigenvalue weighted by Gasteiger charge is -2.15. The van der Waals surface area contributed by atoms with Gasteiger partial charge in [0.05, 0.1) is 12.8 Å². The van der Waals surface area contributed by atoms with Crippen LogP contribution in [0.1, 0.15) is 10.4 Å². The number of ketones is 1. The molecule has 2 atom stereocenters. The lowest BCUT2D eigenvalue weighted by atomic mass is 9.93. The Kier molecular flexibility index (Phi) is 4.16. The summed E-state index contributed by atoms with van der Waals surface area (Å²) in [5, 5.41) is 4.20. The van der Waals surface area contributed by atoms with Crippen molar-refractivity contribution in [2.75, 3.05) is 12.0 Å². The second kappa shape index (κ2) is 6.51. The third-order valence-corrected chi connectivity index (χ3v) is 4.73. The van der Waals surface area contributed by atoms with Crippen LogP contribution in [-0.4, -0.2) is 36.5 Å². The van der Waals surface area contributed by atoms with E-state index < -0.39 is 29.6 Å². The minimum atomic E-state index is -1.13. The van der Waals surface area contributed by atoms with E-state index in [1.54, 1.807) is 36.4 Å². The fraction of sp³-hybridized carbons (Fsp3) is 0.158. The zero-order chi connectivity index (χ0) is 19.1. The molecule has 0 unspecified atom stereocenters. The predicted molar refractivity (Wildman–Crippen MR) is 97.1 cm³/mol. The molecule has 0 aliphatic carbocycles. The van der Waals surface area contributed by atoms with Crippen molar-refractivity contribution in [2.24, 2.45) is 11.1 Å². The van der Waals surface area contributed by atoms with Crippen LogP contribution in [0, 0.1) is 5.92 Å². The van der Waals surface area contributed by atoms with E-state index >= 15 is 0 Å². The van der Waals surface area contributed by atoms with Crippen LogP contribution in [0.3, 0.4) is 0 Å². The van der Waals surface area contributed by atoms with Crippen molar-refractivity contribution in [3.63, 3.8) is 0 Å². The van der Waals surface area contributed by atoms with Crippen LogP contribution in [0.15, 0.2) is 53.7 Å². The van der Waals surface area contributed by atoms with E-state index in [2.05, 4.69) is 5.16 Å². The maximum Gasteiger partial charge on any atom is 0.278 e. The van der Waals surface area contributed by atoms with Crippen molar-refractivity contribution in [3.8, 4) is 5.75 Å². The molecule has 2 aliphatic rings. The van der Waals surface area contributed by atoms with Crippen LogP contribution in [0.2, 0.25) is 5.02 Å². The topological polar surface area (TPSA) is 85.3 Å². The Hall–Kier alpha value is -3.19. The van der Waals surface area contributed by atoms with Gasteiger partial charge < -0.3 is 9.57 Å². The van der Waals surface area contributed by atoms with Crippen molar-refractivity contribution >= 4 is 40.6 Å². The second-order valence-electron chi connectivity index (χ2n) is 6.03. The van der Waals surface area contributed by atoms with Gasteiger partial charge in [-0.05, 0) is 48.5 Å². The average molecular weight is 385 g/mol. The van der Waals surface area contributed by atoms with Crippen LogP contribution in [-0.2, 0) is 14.4 Å². The monoisotopic (exact) mass is 384 g/mol. The van der Waals surface area contributed by atoms with Gasteiger partial charge in [0.15, 0.2) is 0 Å². The minimum Gasteiger partial charge on any atom is -0.497 e. The van der Waals surface area contributed by atoms with E-state index in [0.717, 1.165) is 4.90 Å². The number of halogens is 1. The molecule has 2 aliphatic heterocycles. The summed E-state index contributed by atoms with van der Waals surface area (Å²) in [6.07, 6.45) is -1.13. The first kappa shape index (κ1) is 17.2. The lowest BCUT2D eigenvalue weighted by molar-refractivity contribution is -0.126. The van der Waals surface area contributed by atoms with Gasteiger partial charge in [-0.15, -0.1) is 0 Å². The van der Waals surface area contributed by atoms with E-state index in [9.17, 15) is 14.4 Å². The molecular weight excluding hydrogens is 372 g/mol. The SMILES string of the molecule is COc1ccc(N2C(=O)[C@H]3C(C(=O)c4ccc(Cl)cc4)=NO[C@H]3C2=O)cc1. The van der Waals surface area contributed by atoms with E-state index in [1.165, 1.54) is 19.2 Å². The Balaban J connectivity index is 1.63. The van der Waals surface area contributed by atoms with Gasteiger partial charge in [-0.2, -0.15) is 0 Å². The molecule has 1 fully saturated rings. The van der Waals surface area contributed by atoms with Crippen LogP contribution in [0.25, 0.3) is 0 Å². The molecule has 0 bridgehead atoms. The number of anilines is 1. The first-order chi connectivity index (χ1) is 13.0. The minimum absolute atomic E-state index is 0.0864. The number of hydrogen-bond donors (Lipinski definition) is 0. The van der Waals surface area contributed by atoms with Gasteiger partial charge in [-0.25, -0.2) is 4.90 Å². The number of hydrogen-bond acceptors (Lipinski definition) is 6. The van der Waals surface area contributed by atoms with Gasteiger partial charge in [0.25, 0.3) is 5.91 Å². The molecule has 4 rings (SSSR count). The number of fused-ring (bicyclic) bond motifs is 1. The number of imide groups is 1. The van der Waals surface area contributed by atoms with Gasteiger partial charge in [0.1, 0.15) is 17.4 Å². The quantitative estimate of drug-likeness (QED) is 0.597. The van der Waals surface area contributed by atoms with Gasteiger partial charge in [-0.3, -0.25) is 14.4 Å². The number of rotatable bonds is 4. The summed E-state index contributed by atoms with van der Waals surface area (Å²) in [6.45, 7) is 0. The van der Waals surface area contributed by atoms with E-state index in [4.69, 9.17) is 21.2 Å². The molecule has 136 valence electrons. The predicted octanol–water partition coefficient (Wildman–Crippen LogP) is 2.48. The van der Waals surface area contributed by atoms with Gasteiger partial charge in [-0.1, -0.05) is 16.8 Å². The lowest BCUT2D eigenvalue weighted by Crippen LogP contribution is -2.34. The first-order valence-electron chi connectivity index (χ1n) is 8.07. The molecule has 0 N–H and O–H groups in total. The Labute approximate surface area is 159 Å². The molecular formula is C19H13ClN2O5. The molecule has 27 heavy (non-hydrogen) atoms. The molecule has 2 heterocycles. The zero-order valence-corrected chi connectivity index (χ0v) is 14.8. The summed E-state index contributed by atoms with van der Waals surface area (Å²) in [6, 6.07) is 12.6. The van der Waals surface area contributed by atoms with Crippen molar-refractivity contribution in [1.29, 1.82) is 0 Å². The van der Waals surface area contributed by atoms with E-state index in [-0.39, 0.29) is 5.71 Å². The smallest absolute Gasteiger partial charge is 0.278 e. The maximum atomic E-state index is 12.9. The summed E-state index contributed by atoms with van der Waals surface area (Å²) >= 11 is 5.84. The molecule has 2 aromatic rings. The summed E-state index contributed by atoms with van der Waals surface area (Å²) in [4.78, 5) is 44.4. The summed E-state index contributed by atoms with van der Waals surface area (Å²) in [5.74, 6) is -2.05. The average Bonchev–Trinajstić information content (AvgIpc) is 3.22. The fourth-order valence-electron chi connectivity index (χ4n) is 3.10. The number of benzene rings is 2. The normalized spacial score (nSPS) is 21.0. The van der Waals surface area contributed by atoms with Crippen LogP contribution in [0.5, 0.6) is 5.75 Å². The highest BCUT2D eigenvalue weighted by molar-refractivity contribution is 6.52. The molecule has 0 aromatic heterocycles. The number of carbonyl (C=O) groups is 3. The number of ether oxygens (including phenoxy) is 1. The molecule has 2 amide bonds. The number of Topliss-reactive ketones (excluding diaryl/α,β-unsaturated/α-hetero) is 1.